The third kappa shape index (κ3) is 2.80. The Labute approximate surface area is 96.4 Å². The molecule has 1 aliphatic heterocycles. The average molecular weight is 215 g/mol. The van der Waals surface area contributed by atoms with E-state index < -0.39 is 0 Å². The molecule has 16 heavy (non-hydrogen) atoms. The van der Waals surface area contributed by atoms with Crippen LogP contribution >= 0.6 is 0 Å². The van der Waals surface area contributed by atoms with E-state index in [1.807, 2.05) is 24.3 Å². The lowest BCUT2D eigenvalue weighted by molar-refractivity contribution is 0.0994. The maximum Gasteiger partial charge on any atom is 0.163 e. The van der Waals surface area contributed by atoms with Crippen LogP contribution in [0.15, 0.2) is 36.4 Å². The minimum absolute atomic E-state index is 0.301. The molecule has 2 heteroatoms. The van der Waals surface area contributed by atoms with Crippen molar-refractivity contribution < 1.29 is 4.79 Å². The number of carbonyl (C=O) groups excluding carboxylic acids is 1. The van der Waals surface area contributed by atoms with Gasteiger partial charge in [-0.3, -0.25) is 4.79 Å². The smallest absolute Gasteiger partial charge is 0.163 e. The van der Waals surface area contributed by atoms with Crippen molar-refractivity contribution in [2.75, 3.05) is 13.1 Å². The number of fused-ring (bicyclic) bond motifs is 1. The number of carbonyl (C=O) groups is 1. The molecule has 1 heterocycles. The summed E-state index contributed by atoms with van der Waals surface area (Å²) in [5, 5.41) is 3.20. The van der Waals surface area contributed by atoms with Crippen LogP contribution in [0.3, 0.4) is 0 Å². The second kappa shape index (κ2) is 5.61. The van der Waals surface area contributed by atoms with Gasteiger partial charge in [-0.1, -0.05) is 36.4 Å². The van der Waals surface area contributed by atoms with E-state index in [-0.39, 0.29) is 0 Å². The van der Waals surface area contributed by atoms with Crippen LogP contribution < -0.4 is 5.32 Å². The standard InChI is InChI=1S/C9H8O.C5H9N/c10-9-6-5-7-3-1-2-4-8(7)9;1-2-4-6-5-3-1/h1-4H,5-6H2;1-2,6H,3-5H2. The Kier molecular flexibility index (Phi) is 3.89. The van der Waals surface area contributed by atoms with Crippen LogP contribution in [0.1, 0.15) is 28.8 Å². The molecular weight excluding hydrogens is 198 g/mol. The lowest BCUT2D eigenvalue weighted by atomic mass is 10.1. The highest BCUT2D eigenvalue weighted by molar-refractivity contribution is 6.00. The van der Waals surface area contributed by atoms with Crippen LogP contribution in [0, 0.1) is 0 Å². The van der Waals surface area contributed by atoms with Gasteiger partial charge in [0, 0.05) is 18.5 Å². The average Bonchev–Trinajstić information content (AvgIpc) is 2.75. The van der Waals surface area contributed by atoms with Crippen LogP contribution in [0.25, 0.3) is 0 Å². The molecule has 1 N–H and O–H groups in total. The maximum atomic E-state index is 11.1. The van der Waals surface area contributed by atoms with Gasteiger partial charge in [0.2, 0.25) is 0 Å². The molecule has 3 rings (SSSR count). The number of hydrogen-bond acceptors (Lipinski definition) is 2. The number of hydrogen-bond donors (Lipinski definition) is 1. The first kappa shape index (κ1) is 11.1. The monoisotopic (exact) mass is 215 g/mol. The van der Waals surface area contributed by atoms with E-state index in [2.05, 4.69) is 17.5 Å². The van der Waals surface area contributed by atoms with Gasteiger partial charge in [0.05, 0.1) is 0 Å². The van der Waals surface area contributed by atoms with Crippen molar-refractivity contribution in [1.29, 1.82) is 0 Å². The molecule has 2 nitrogen and oxygen atoms in total. The quantitative estimate of drug-likeness (QED) is 0.673. The van der Waals surface area contributed by atoms with Gasteiger partial charge in [0.1, 0.15) is 0 Å². The molecule has 0 saturated heterocycles. The summed E-state index contributed by atoms with van der Waals surface area (Å²) in [5.41, 5.74) is 2.15. The highest BCUT2D eigenvalue weighted by Gasteiger charge is 2.17. The summed E-state index contributed by atoms with van der Waals surface area (Å²) in [5.74, 6) is 0.301. The molecule has 0 saturated carbocycles. The minimum Gasteiger partial charge on any atom is -0.313 e. The number of nitrogens with one attached hydrogen (secondary N) is 1. The Bertz CT molecular complexity index is 387. The lowest BCUT2D eigenvalue weighted by Crippen LogP contribution is -2.17. The van der Waals surface area contributed by atoms with E-state index in [0.717, 1.165) is 25.1 Å². The number of benzene rings is 1. The van der Waals surface area contributed by atoms with E-state index in [9.17, 15) is 4.79 Å². The van der Waals surface area contributed by atoms with Gasteiger partial charge in [-0.25, -0.2) is 0 Å². The Morgan fingerprint density at radius 1 is 1.06 bits per heavy atom. The van der Waals surface area contributed by atoms with E-state index >= 15 is 0 Å². The number of rotatable bonds is 0. The highest BCUT2D eigenvalue weighted by Crippen LogP contribution is 2.20. The fourth-order valence-corrected chi connectivity index (χ4v) is 1.97. The molecule has 1 aliphatic carbocycles. The third-order valence-electron chi connectivity index (χ3n) is 2.86. The number of aryl methyl sites for hydroxylation is 1. The summed E-state index contributed by atoms with van der Waals surface area (Å²) < 4.78 is 0. The second-order valence-electron chi connectivity index (χ2n) is 4.04. The van der Waals surface area contributed by atoms with Crippen LogP contribution in [0.2, 0.25) is 0 Å². The molecule has 0 amide bonds. The van der Waals surface area contributed by atoms with Crippen molar-refractivity contribution >= 4 is 5.78 Å². The highest BCUT2D eigenvalue weighted by atomic mass is 16.1. The molecule has 1 aromatic rings. The zero-order valence-corrected chi connectivity index (χ0v) is 9.41. The zero-order chi connectivity index (χ0) is 11.2. The molecule has 0 atom stereocenters. The Hall–Kier alpha value is -1.41. The largest absolute Gasteiger partial charge is 0.313 e. The number of Topliss-reactive ketones (excluding diaryl/α,β-unsaturated/α-hetero) is 1. The normalized spacial score (nSPS) is 17.6. The van der Waals surface area contributed by atoms with Crippen molar-refractivity contribution in [2.24, 2.45) is 0 Å². The maximum absolute atomic E-state index is 11.1. The summed E-state index contributed by atoms with van der Waals surface area (Å²) in [7, 11) is 0. The van der Waals surface area contributed by atoms with Gasteiger partial charge < -0.3 is 5.32 Å². The first-order valence-electron chi connectivity index (χ1n) is 5.85. The van der Waals surface area contributed by atoms with Crippen molar-refractivity contribution in [1.82, 2.24) is 5.32 Å². The molecule has 0 spiro atoms. The van der Waals surface area contributed by atoms with E-state index in [0.29, 0.717) is 12.2 Å². The van der Waals surface area contributed by atoms with E-state index in [1.54, 1.807) is 0 Å². The lowest BCUT2D eigenvalue weighted by Gasteiger charge is -2.01. The summed E-state index contributed by atoms with van der Waals surface area (Å²) in [6.07, 6.45) is 7.22. The van der Waals surface area contributed by atoms with Crippen molar-refractivity contribution in [3.05, 3.63) is 47.5 Å². The topological polar surface area (TPSA) is 29.1 Å². The summed E-state index contributed by atoms with van der Waals surface area (Å²) in [4.78, 5) is 11.1. The van der Waals surface area contributed by atoms with Crippen LogP contribution in [0.4, 0.5) is 0 Å². The third-order valence-corrected chi connectivity index (χ3v) is 2.86. The Morgan fingerprint density at radius 3 is 2.50 bits per heavy atom. The second-order valence-corrected chi connectivity index (χ2v) is 4.04. The predicted octanol–water partition coefficient (Wildman–Crippen LogP) is 2.35. The minimum atomic E-state index is 0.301. The molecule has 0 fully saturated rings. The van der Waals surface area contributed by atoms with Gasteiger partial charge in [0.25, 0.3) is 0 Å². The molecule has 84 valence electrons. The zero-order valence-electron chi connectivity index (χ0n) is 9.41. The molecule has 0 aromatic heterocycles. The van der Waals surface area contributed by atoms with Crippen molar-refractivity contribution in [3.63, 3.8) is 0 Å². The SMILES string of the molecule is C1=CCNCC1.O=C1CCc2ccccc21. The van der Waals surface area contributed by atoms with Gasteiger partial charge in [-0.15, -0.1) is 0 Å². The van der Waals surface area contributed by atoms with Gasteiger partial charge >= 0.3 is 0 Å². The van der Waals surface area contributed by atoms with E-state index in [1.165, 1.54) is 12.0 Å². The van der Waals surface area contributed by atoms with Crippen LogP contribution in [0.5, 0.6) is 0 Å². The van der Waals surface area contributed by atoms with Gasteiger partial charge in [0.15, 0.2) is 5.78 Å². The fraction of sp³-hybridized carbons (Fsp3) is 0.357. The molecule has 1 aromatic carbocycles. The van der Waals surface area contributed by atoms with Gasteiger partial charge in [-0.05, 0) is 24.9 Å². The van der Waals surface area contributed by atoms with Gasteiger partial charge in [-0.2, -0.15) is 0 Å². The summed E-state index contributed by atoms with van der Waals surface area (Å²) >= 11 is 0. The summed E-state index contributed by atoms with van der Waals surface area (Å²) in [6, 6.07) is 7.84. The van der Waals surface area contributed by atoms with Crippen LogP contribution in [-0.2, 0) is 6.42 Å². The van der Waals surface area contributed by atoms with Crippen LogP contribution in [-0.4, -0.2) is 18.9 Å². The molecule has 2 aliphatic rings. The first-order valence-corrected chi connectivity index (χ1v) is 5.85. The van der Waals surface area contributed by atoms with E-state index in [4.69, 9.17) is 0 Å². The Balaban J connectivity index is 0.000000138. The predicted molar refractivity (Wildman–Crippen MR) is 65.7 cm³/mol. The number of ketones is 1. The molecular formula is C14H17NO. The molecule has 0 bridgehead atoms. The summed E-state index contributed by atoms with van der Waals surface area (Å²) in [6.45, 7) is 2.23. The van der Waals surface area contributed by atoms with Crippen molar-refractivity contribution in [3.8, 4) is 0 Å². The molecule has 0 unspecified atom stereocenters. The van der Waals surface area contributed by atoms with Crippen molar-refractivity contribution in [2.45, 2.75) is 19.3 Å². The Morgan fingerprint density at radius 2 is 1.94 bits per heavy atom. The molecule has 0 radical (unpaired) electrons. The first-order chi connectivity index (χ1) is 7.88. The fourth-order valence-electron chi connectivity index (χ4n) is 1.97.